The van der Waals surface area contributed by atoms with Gasteiger partial charge in [0.2, 0.25) is 0 Å². The molecule has 0 aromatic carbocycles. The first-order chi connectivity index (χ1) is 13.3. The minimum Gasteiger partial charge on any atom is -0.662 e. The maximum Gasteiger partial charge on any atom is 0.0112 e. The number of piperazine rings is 1. The first kappa shape index (κ1) is 33.1. The second-order valence-corrected chi connectivity index (χ2v) is 9.50. The Morgan fingerprint density at radius 2 is 1.40 bits per heavy atom. The van der Waals surface area contributed by atoms with Crippen molar-refractivity contribution in [1.29, 1.82) is 0 Å². The van der Waals surface area contributed by atoms with Crippen LogP contribution < -0.4 is 0 Å². The Labute approximate surface area is 217 Å². The van der Waals surface area contributed by atoms with Crippen molar-refractivity contribution in [3.63, 3.8) is 0 Å². The van der Waals surface area contributed by atoms with Crippen molar-refractivity contribution in [2.24, 2.45) is 17.8 Å². The Bertz CT molecular complexity index is 413. The zero-order valence-corrected chi connectivity index (χ0v) is 26.6. The van der Waals surface area contributed by atoms with Crippen molar-refractivity contribution in [2.45, 2.75) is 66.8 Å². The molecule has 3 aliphatic heterocycles. The monoisotopic (exact) mass is 760 g/mol. The molecule has 0 unspecified atom stereocenters. The Balaban J connectivity index is 0. The number of hydrogen-bond donors (Lipinski definition) is 0. The standard InChI is InChI=1S/C8H18N2.C8H16N.C8H14N.2W/c1-8(2)10-6-4-9(3)5-7-10;2*1-7(2)8-3-5-9-6-4-8;;/h8H,4-7H2,1-3H3;7-8H,3-6H2,1-2H3;3,7H,4-6H2,1-2H3;;/q;2*-1;;. The summed E-state index contributed by atoms with van der Waals surface area (Å²) in [4.78, 5) is 4.92. The van der Waals surface area contributed by atoms with Crippen LogP contribution in [0.15, 0.2) is 11.6 Å². The van der Waals surface area contributed by atoms with E-state index in [0.717, 1.165) is 50.0 Å². The summed E-state index contributed by atoms with van der Waals surface area (Å²) >= 11 is 0. The van der Waals surface area contributed by atoms with Crippen LogP contribution in [0.25, 0.3) is 10.6 Å². The molecule has 3 aliphatic rings. The zero-order chi connectivity index (χ0) is 20.9. The van der Waals surface area contributed by atoms with Gasteiger partial charge in [-0.2, -0.15) is 0 Å². The van der Waals surface area contributed by atoms with Crippen LogP contribution in [-0.4, -0.2) is 75.2 Å². The summed E-state index contributed by atoms with van der Waals surface area (Å²) in [7, 11) is 2.19. The Kier molecular flexibility index (Phi) is 21.5. The number of piperidine rings is 1. The minimum absolute atomic E-state index is 0. The topological polar surface area (TPSA) is 34.7 Å². The predicted octanol–water partition coefficient (Wildman–Crippen LogP) is 5.41. The summed E-state index contributed by atoms with van der Waals surface area (Å²) in [6, 6.07) is 0.730. The van der Waals surface area contributed by atoms with Gasteiger partial charge in [-0.05, 0) is 38.6 Å². The van der Waals surface area contributed by atoms with E-state index in [1.165, 1.54) is 45.4 Å². The van der Waals surface area contributed by atoms with Crippen LogP contribution in [0.5, 0.6) is 0 Å². The summed E-state index contributed by atoms with van der Waals surface area (Å²) in [5.74, 6) is 2.57. The van der Waals surface area contributed by atoms with Crippen molar-refractivity contribution in [2.75, 3.05) is 59.4 Å². The summed E-state index contributed by atoms with van der Waals surface area (Å²) in [6.45, 7) is 22.8. The Morgan fingerprint density at radius 1 is 0.833 bits per heavy atom. The summed E-state index contributed by atoms with van der Waals surface area (Å²) in [5, 5.41) is 8.54. The molecule has 2 saturated heterocycles. The molecule has 2 fully saturated rings. The van der Waals surface area contributed by atoms with E-state index in [2.05, 4.69) is 75.1 Å². The van der Waals surface area contributed by atoms with E-state index in [-0.39, 0.29) is 42.1 Å². The van der Waals surface area contributed by atoms with Gasteiger partial charge in [0.15, 0.2) is 0 Å². The van der Waals surface area contributed by atoms with Crippen molar-refractivity contribution < 1.29 is 42.1 Å². The van der Waals surface area contributed by atoms with E-state index in [1.54, 1.807) is 5.57 Å². The molecule has 0 bridgehead atoms. The van der Waals surface area contributed by atoms with Gasteiger partial charge in [-0.1, -0.05) is 52.5 Å². The van der Waals surface area contributed by atoms with E-state index in [1.807, 2.05) is 0 Å². The van der Waals surface area contributed by atoms with Gasteiger partial charge in [0.25, 0.3) is 0 Å². The quantitative estimate of drug-likeness (QED) is 0.361. The molecule has 0 aromatic heterocycles. The third-order valence-electron chi connectivity index (χ3n) is 6.31. The zero-order valence-electron chi connectivity index (χ0n) is 20.8. The summed E-state index contributed by atoms with van der Waals surface area (Å²) in [5.41, 5.74) is 1.59. The van der Waals surface area contributed by atoms with Crippen molar-refractivity contribution in [1.82, 2.24) is 9.80 Å². The number of hydrogen-bond acceptors (Lipinski definition) is 2. The number of rotatable bonds is 3. The molecular weight excluding hydrogens is 712 g/mol. The van der Waals surface area contributed by atoms with Gasteiger partial charge >= 0.3 is 0 Å². The molecule has 0 N–H and O–H groups in total. The summed E-state index contributed by atoms with van der Waals surface area (Å²) < 4.78 is 0. The molecule has 178 valence electrons. The fourth-order valence-corrected chi connectivity index (χ4v) is 3.88. The molecule has 3 heterocycles. The van der Waals surface area contributed by atoms with E-state index >= 15 is 0 Å². The average Bonchev–Trinajstić information content (AvgIpc) is 2.70. The third kappa shape index (κ3) is 14.9. The Morgan fingerprint density at radius 3 is 1.73 bits per heavy atom. The molecule has 6 heteroatoms. The molecule has 3 rings (SSSR count). The van der Waals surface area contributed by atoms with Crippen LogP contribution in [0.2, 0.25) is 0 Å². The fourth-order valence-electron chi connectivity index (χ4n) is 3.88. The molecular formula is C24H48N4W2-2. The second kappa shape index (κ2) is 19.4. The molecule has 0 aromatic rings. The maximum atomic E-state index is 4.31. The van der Waals surface area contributed by atoms with Crippen LogP contribution in [0.1, 0.15) is 60.8 Å². The number of nitrogens with zero attached hydrogens (tertiary/aromatic N) is 4. The van der Waals surface area contributed by atoms with Gasteiger partial charge in [0.1, 0.15) is 0 Å². The normalized spacial score (nSPS) is 20.9. The minimum atomic E-state index is 0. The molecule has 0 aliphatic carbocycles. The first-order valence-electron chi connectivity index (χ1n) is 11.7. The van der Waals surface area contributed by atoms with Crippen LogP contribution in [0.4, 0.5) is 0 Å². The summed E-state index contributed by atoms with van der Waals surface area (Å²) in [6.07, 6.45) is 6.11. The maximum absolute atomic E-state index is 4.31. The van der Waals surface area contributed by atoms with Crippen LogP contribution in [0, 0.1) is 17.8 Å². The van der Waals surface area contributed by atoms with E-state index in [4.69, 9.17) is 0 Å². The fraction of sp³-hybridized carbons (Fsp3) is 0.917. The average molecular weight is 760 g/mol. The van der Waals surface area contributed by atoms with Crippen LogP contribution in [0.3, 0.4) is 0 Å². The molecule has 0 saturated carbocycles. The van der Waals surface area contributed by atoms with Crippen LogP contribution in [-0.2, 0) is 42.1 Å². The second-order valence-electron chi connectivity index (χ2n) is 9.50. The van der Waals surface area contributed by atoms with E-state index in [9.17, 15) is 0 Å². The van der Waals surface area contributed by atoms with Gasteiger partial charge < -0.3 is 15.5 Å². The smallest absolute Gasteiger partial charge is 0.0112 e. The van der Waals surface area contributed by atoms with Gasteiger partial charge in [0.05, 0.1) is 0 Å². The SMILES string of the molecule is CC(C)C1=CC[N-]CC1.CC(C)C1CC[N-]CC1.CC(C)N1CCN(C)CC1.[W].[W]. The Hall–Kier alpha value is 0.957. The van der Waals surface area contributed by atoms with Crippen molar-refractivity contribution in [3.8, 4) is 0 Å². The predicted molar refractivity (Wildman–Crippen MR) is 125 cm³/mol. The third-order valence-corrected chi connectivity index (χ3v) is 6.31. The van der Waals surface area contributed by atoms with Crippen LogP contribution >= 0.6 is 0 Å². The van der Waals surface area contributed by atoms with Gasteiger partial charge in [0, 0.05) is 74.4 Å². The molecule has 0 amide bonds. The molecule has 0 radical (unpaired) electrons. The van der Waals surface area contributed by atoms with Gasteiger partial charge in [-0.15, -0.1) is 32.3 Å². The number of likely N-dealkylation sites (N-methyl/N-ethyl adjacent to an activating group) is 1. The molecule has 0 atom stereocenters. The van der Waals surface area contributed by atoms with Gasteiger partial charge in [-0.3, -0.25) is 4.90 Å². The van der Waals surface area contributed by atoms with E-state index in [0.29, 0.717) is 0 Å². The molecule has 0 spiro atoms. The first-order valence-corrected chi connectivity index (χ1v) is 11.7. The van der Waals surface area contributed by atoms with E-state index < -0.39 is 0 Å². The molecule has 30 heavy (non-hydrogen) atoms. The van der Waals surface area contributed by atoms with Crippen molar-refractivity contribution >= 4 is 0 Å². The van der Waals surface area contributed by atoms with Crippen molar-refractivity contribution in [3.05, 3.63) is 22.3 Å². The van der Waals surface area contributed by atoms with Gasteiger partial charge in [-0.25, -0.2) is 0 Å². The molecule has 4 nitrogen and oxygen atoms in total. The largest absolute Gasteiger partial charge is 0.662 e.